The number of carboxylic acids is 1. The van der Waals surface area contributed by atoms with E-state index >= 15 is 0 Å². The Morgan fingerprint density at radius 3 is 2.75 bits per heavy atom. The molecule has 16 heavy (non-hydrogen) atoms. The van der Waals surface area contributed by atoms with E-state index in [0.717, 1.165) is 0 Å². The second-order valence-corrected chi connectivity index (χ2v) is 4.19. The molecule has 1 aliphatic rings. The molecule has 0 aromatic heterocycles. The molecular formula is C9H19BN2O4. The van der Waals surface area contributed by atoms with E-state index in [2.05, 4.69) is 10.6 Å². The van der Waals surface area contributed by atoms with E-state index in [0.29, 0.717) is 25.7 Å². The van der Waals surface area contributed by atoms with Crippen LogP contribution in [0.2, 0.25) is 6.32 Å². The normalized spacial score (nSPS) is 29.3. The summed E-state index contributed by atoms with van der Waals surface area (Å²) in [6.07, 6.45) is 1.58. The summed E-state index contributed by atoms with van der Waals surface area (Å²) in [6, 6.07) is -0.398. The van der Waals surface area contributed by atoms with Gasteiger partial charge in [-0.15, -0.1) is 0 Å². The molecule has 0 radical (unpaired) electrons. The van der Waals surface area contributed by atoms with Crippen LogP contribution < -0.4 is 10.6 Å². The van der Waals surface area contributed by atoms with E-state index in [4.69, 9.17) is 15.2 Å². The number of carboxylic acid groups (broad SMARTS) is 1. The lowest BCUT2D eigenvalue weighted by Crippen LogP contribution is -2.38. The zero-order chi connectivity index (χ0) is 12.1. The van der Waals surface area contributed by atoms with E-state index in [9.17, 15) is 4.79 Å². The fourth-order valence-electron chi connectivity index (χ4n) is 2.28. The molecule has 1 fully saturated rings. The minimum atomic E-state index is -1.30. The van der Waals surface area contributed by atoms with Crippen LogP contribution in [0.5, 0.6) is 0 Å². The van der Waals surface area contributed by atoms with Gasteiger partial charge < -0.3 is 25.8 Å². The fraction of sp³-hybridized carbons (Fsp3) is 0.889. The standard InChI is InChI=1S/C9H19BN2O4/c1-11-7-5-12-8(9(13)14)6(7)3-2-4-10(15)16/h6-8,11-12,15-16H,2-5H2,1H3,(H,13,14). The molecule has 1 aliphatic heterocycles. The smallest absolute Gasteiger partial charge is 0.451 e. The largest absolute Gasteiger partial charge is 0.480 e. The lowest BCUT2D eigenvalue weighted by molar-refractivity contribution is -0.140. The highest BCUT2D eigenvalue weighted by Crippen LogP contribution is 2.23. The van der Waals surface area contributed by atoms with Crippen molar-refractivity contribution in [3.8, 4) is 0 Å². The average molecular weight is 230 g/mol. The molecule has 0 aromatic rings. The number of rotatable bonds is 6. The summed E-state index contributed by atoms with van der Waals surface area (Å²) in [4.78, 5) is 11.0. The molecule has 6 nitrogen and oxygen atoms in total. The molecule has 1 saturated heterocycles. The minimum Gasteiger partial charge on any atom is -0.480 e. The summed E-state index contributed by atoms with van der Waals surface area (Å²) in [5.74, 6) is -0.839. The predicted octanol–water partition coefficient (Wildman–Crippen LogP) is -1.50. The Hall–Kier alpha value is -0.625. The molecular weight excluding hydrogens is 211 g/mol. The van der Waals surface area contributed by atoms with E-state index in [1.807, 2.05) is 7.05 Å². The first-order valence-electron chi connectivity index (χ1n) is 5.56. The van der Waals surface area contributed by atoms with Gasteiger partial charge in [-0.25, -0.2) is 0 Å². The quantitative estimate of drug-likeness (QED) is 0.356. The Morgan fingerprint density at radius 1 is 1.56 bits per heavy atom. The van der Waals surface area contributed by atoms with Gasteiger partial charge in [-0.2, -0.15) is 0 Å². The Labute approximate surface area is 95.2 Å². The Bertz CT molecular complexity index is 240. The van der Waals surface area contributed by atoms with Gasteiger partial charge in [0, 0.05) is 18.5 Å². The molecule has 7 heteroatoms. The van der Waals surface area contributed by atoms with E-state index in [1.165, 1.54) is 0 Å². The van der Waals surface area contributed by atoms with Gasteiger partial charge in [0.25, 0.3) is 0 Å². The summed E-state index contributed by atoms with van der Waals surface area (Å²) in [5, 5.41) is 32.5. The number of likely N-dealkylation sites (N-methyl/N-ethyl adjacent to an activating group) is 1. The number of hydrogen-bond donors (Lipinski definition) is 5. The van der Waals surface area contributed by atoms with Gasteiger partial charge in [-0.1, -0.05) is 6.42 Å². The fourth-order valence-corrected chi connectivity index (χ4v) is 2.28. The summed E-state index contributed by atoms with van der Waals surface area (Å²) >= 11 is 0. The number of hydrogen-bond acceptors (Lipinski definition) is 5. The maximum absolute atomic E-state index is 11.0. The van der Waals surface area contributed by atoms with Crippen LogP contribution in [0.15, 0.2) is 0 Å². The molecule has 1 heterocycles. The molecule has 92 valence electrons. The van der Waals surface area contributed by atoms with Crippen molar-refractivity contribution in [2.24, 2.45) is 5.92 Å². The van der Waals surface area contributed by atoms with Crippen molar-refractivity contribution >= 4 is 13.1 Å². The second-order valence-electron chi connectivity index (χ2n) is 4.19. The van der Waals surface area contributed by atoms with Crippen LogP contribution in [0.4, 0.5) is 0 Å². The highest BCUT2D eigenvalue weighted by Gasteiger charge is 2.38. The Morgan fingerprint density at radius 2 is 2.25 bits per heavy atom. The lowest BCUT2D eigenvalue weighted by atomic mass is 9.80. The van der Waals surface area contributed by atoms with Crippen molar-refractivity contribution in [3.63, 3.8) is 0 Å². The maximum atomic E-state index is 11.0. The summed E-state index contributed by atoms with van der Waals surface area (Å²) in [6.45, 7) is 0.639. The third-order valence-electron chi connectivity index (χ3n) is 3.14. The van der Waals surface area contributed by atoms with Crippen LogP contribution in [-0.2, 0) is 4.79 Å². The van der Waals surface area contributed by atoms with Crippen molar-refractivity contribution in [1.29, 1.82) is 0 Å². The maximum Gasteiger partial charge on any atom is 0.451 e. The van der Waals surface area contributed by atoms with Crippen LogP contribution in [0.1, 0.15) is 12.8 Å². The molecule has 3 unspecified atom stereocenters. The lowest BCUT2D eigenvalue weighted by Gasteiger charge is -2.21. The van der Waals surface area contributed by atoms with Crippen molar-refractivity contribution in [2.45, 2.75) is 31.2 Å². The third kappa shape index (κ3) is 3.45. The average Bonchev–Trinajstić information content (AvgIpc) is 2.60. The molecule has 3 atom stereocenters. The molecule has 0 saturated carbocycles. The number of aliphatic carboxylic acids is 1. The predicted molar refractivity (Wildman–Crippen MR) is 60.0 cm³/mol. The van der Waals surface area contributed by atoms with Crippen LogP contribution in [-0.4, -0.2) is 53.9 Å². The third-order valence-corrected chi connectivity index (χ3v) is 3.14. The van der Waals surface area contributed by atoms with E-state index in [-0.39, 0.29) is 12.0 Å². The monoisotopic (exact) mass is 230 g/mol. The summed E-state index contributed by atoms with van der Waals surface area (Å²) < 4.78 is 0. The van der Waals surface area contributed by atoms with Crippen LogP contribution >= 0.6 is 0 Å². The second kappa shape index (κ2) is 6.19. The van der Waals surface area contributed by atoms with Crippen molar-refractivity contribution in [3.05, 3.63) is 0 Å². The van der Waals surface area contributed by atoms with Gasteiger partial charge in [0.1, 0.15) is 6.04 Å². The van der Waals surface area contributed by atoms with E-state index < -0.39 is 19.1 Å². The minimum absolute atomic E-state index is 0.00116. The first-order valence-corrected chi connectivity index (χ1v) is 5.56. The Balaban J connectivity index is 2.46. The van der Waals surface area contributed by atoms with Crippen molar-refractivity contribution in [2.75, 3.05) is 13.6 Å². The van der Waals surface area contributed by atoms with Crippen LogP contribution in [0.3, 0.4) is 0 Å². The van der Waals surface area contributed by atoms with Gasteiger partial charge in [0.2, 0.25) is 0 Å². The number of nitrogens with one attached hydrogen (secondary N) is 2. The number of carbonyl (C=O) groups is 1. The molecule has 0 bridgehead atoms. The molecule has 1 rings (SSSR count). The highest BCUT2D eigenvalue weighted by molar-refractivity contribution is 6.40. The molecule has 0 aromatic carbocycles. The molecule has 0 aliphatic carbocycles. The summed E-state index contributed by atoms with van der Waals surface area (Å²) in [5.41, 5.74) is 0. The van der Waals surface area contributed by atoms with Crippen molar-refractivity contribution < 1.29 is 19.9 Å². The summed E-state index contributed by atoms with van der Waals surface area (Å²) in [7, 11) is 0.510. The Kier molecular flexibility index (Phi) is 5.20. The first kappa shape index (κ1) is 13.4. The zero-order valence-corrected chi connectivity index (χ0v) is 9.39. The van der Waals surface area contributed by atoms with E-state index in [1.54, 1.807) is 0 Å². The van der Waals surface area contributed by atoms with Gasteiger partial charge >= 0.3 is 13.1 Å². The zero-order valence-electron chi connectivity index (χ0n) is 9.39. The van der Waals surface area contributed by atoms with Crippen molar-refractivity contribution in [1.82, 2.24) is 10.6 Å². The molecule has 0 amide bonds. The van der Waals surface area contributed by atoms with Crippen LogP contribution in [0.25, 0.3) is 0 Å². The van der Waals surface area contributed by atoms with Gasteiger partial charge in [-0.3, -0.25) is 4.79 Å². The van der Waals surface area contributed by atoms with Gasteiger partial charge in [-0.05, 0) is 19.8 Å². The first-order chi connectivity index (χ1) is 7.56. The SMILES string of the molecule is CNC1CNC(C(=O)O)C1CCCB(O)O. The topological polar surface area (TPSA) is 102 Å². The van der Waals surface area contributed by atoms with Crippen LogP contribution in [0, 0.1) is 5.92 Å². The molecule has 5 N–H and O–H groups in total. The van der Waals surface area contributed by atoms with Gasteiger partial charge in [0.15, 0.2) is 0 Å². The highest BCUT2D eigenvalue weighted by atomic mass is 16.4. The van der Waals surface area contributed by atoms with Gasteiger partial charge in [0.05, 0.1) is 0 Å². The molecule has 0 spiro atoms.